The molecule has 0 saturated carbocycles. The fourth-order valence-corrected chi connectivity index (χ4v) is 2.28. The molecule has 1 aromatic heterocycles. The lowest BCUT2D eigenvalue weighted by atomic mass is 10.0. The van der Waals surface area contributed by atoms with Crippen molar-refractivity contribution < 1.29 is 0 Å². The number of rotatable bonds is 4. The summed E-state index contributed by atoms with van der Waals surface area (Å²) in [6.45, 7) is 7.49. The van der Waals surface area contributed by atoms with Crippen molar-refractivity contribution in [2.24, 2.45) is 0 Å². The van der Waals surface area contributed by atoms with Gasteiger partial charge in [-0.05, 0) is 38.8 Å². The van der Waals surface area contributed by atoms with Gasteiger partial charge in [0.1, 0.15) is 5.82 Å². The van der Waals surface area contributed by atoms with Gasteiger partial charge in [0.2, 0.25) is 0 Å². The van der Waals surface area contributed by atoms with Gasteiger partial charge in [0.25, 0.3) is 0 Å². The monoisotopic (exact) mass is 245 g/mol. The first-order valence-corrected chi connectivity index (χ1v) is 6.78. The van der Waals surface area contributed by atoms with E-state index in [9.17, 15) is 0 Å². The molecule has 0 atom stereocenters. The zero-order valence-corrected chi connectivity index (χ0v) is 11.4. The smallest absolute Gasteiger partial charge is 0.128 e. The lowest BCUT2D eigenvalue weighted by Crippen LogP contribution is -2.42. The van der Waals surface area contributed by atoms with Gasteiger partial charge in [-0.3, -0.25) is 0 Å². The van der Waals surface area contributed by atoms with Gasteiger partial charge in [-0.1, -0.05) is 17.7 Å². The average molecular weight is 245 g/mol. The van der Waals surface area contributed by atoms with E-state index in [1.807, 2.05) is 12.3 Å². The molecule has 0 amide bonds. The molecule has 1 aliphatic heterocycles. The second kappa shape index (κ2) is 6.55. The van der Waals surface area contributed by atoms with Crippen molar-refractivity contribution in [3.63, 3.8) is 0 Å². The third-order valence-corrected chi connectivity index (χ3v) is 3.39. The van der Waals surface area contributed by atoms with E-state index >= 15 is 0 Å². The minimum atomic E-state index is 0.653. The number of piperidine rings is 1. The van der Waals surface area contributed by atoms with Gasteiger partial charge in [-0.2, -0.15) is 0 Å². The van der Waals surface area contributed by atoms with Gasteiger partial charge in [0.05, 0.1) is 0 Å². The van der Waals surface area contributed by atoms with E-state index in [0.29, 0.717) is 6.04 Å². The van der Waals surface area contributed by atoms with Crippen LogP contribution in [-0.4, -0.2) is 30.7 Å². The minimum absolute atomic E-state index is 0.653. The highest BCUT2D eigenvalue weighted by Crippen LogP contribution is 2.16. The fourth-order valence-electron chi connectivity index (χ4n) is 2.28. The van der Waals surface area contributed by atoms with E-state index in [0.717, 1.165) is 25.5 Å². The summed E-state index contributed by atoms with van der Waals surface area (Å²) in [5.74, 6) is 1.11. The van der Waals surface area contributed by atoms with Crippen LogP contribution in [0.3, 0.4) is 0 Å². The Morgan fingerprint density at radius 1 is 1.39 bits per heavy atom. The maximum atomic E-state index is 4.41. The first-order valence-electron chi connectivity index (χ1n) is 6.78. The zero-order chi connectivity index (χ0) is 12.8. The highest BCUT2D eigenvalue weighted by atomic mass is 15.2. The molecule has 98 valence electrons. The van der Waals surface area contributed by atoms with Gasteiger partial charge >= 0.3 is 0 Å². The maximum Gasteiger partial charge on any atom is 0.128 e. The molecule has 0 spiro atoms. The Labute approximate surface area is 110 Å². The summed E-state index contributed by atoms with van der Waals surface area (Å²) in [4.78, 5) is 6.78. The molecule has 0 radical (unpaired) electrons. The first kappa shape index (κ1) is 13.1. The van der Waals surface area contributed by atoms with Crippen molar-refractivity contribution >= 4 is 5.82 Å². The second-order valence-corrected chi connectivity index (χ2v) is 5.14. The van der Waals surface area contributed by atoms with Crippen LogP contribution in [0.4, 0.5) is 5.82 Å². The molecule has 1 saturated heterocycles. The van der Waals surface area contributed by atoms with Gasteiger partial charge in [-0.25, -0.2) is 4.98 Å². The molecule has 0 unspecified atom stereocenters. The van der Waals surface area contributed by atoms with E-state index in [2.05, 4.69) is 47.3 Å². The third kappa shape index (κ3) is 3.84. The number of hydrogen-bond acceptors (Lipinski definition) is 3. The molecule has 0 aliphatic carbocycles. The predicted octanol–water partition coefficient (Wildman–Crippen LogP) is 2.61. The van der Waals surface area contributed by atoms with Crippen LogP contribution in [0.15, 0.2) is 36.0 Å². The first-order chi connectivity index (χ1) is 8.75. The van der Waals surface area contributed by atoms with Crippen LogP contribution < -0.4 is 10.2 Å². The van der Waals surface area contributed by atoms with Crippen molar-refractivity contribution in [1.82, 2.24) is 10.3 Å². The Balaban J connectivity index is 1.76. The van der Waals surface area contributed by atoms with E-state index in [-0.39, 0.29) is 0 Å². The van der Waals surface area contributed by atoms with Crippen molar-refractivity contribution in [2.45, 2.75) is 32.7 Å². The lowest BCUT2D eigenvalue weighted by Gasteiger charge is -2.33. The second-order valence-electron chi connectivity index (χ2n) is 5.14. The lowest BCUT2D eigenvalue weighted by molar-refractivity contribution is 0.428. The van der Waals surface area contributed by atoms with Crippen molar-refractivity contribution in [2.75, 3.05) is 24.5 Å². The van der Waals surface area contributed by atoms with Crippen LogP contribution in [0.2, 0.25) is 0 Å². The van der Waals surface area contributed by atoms with Crippen LogP contribution in [0.25, 0.3) is 0 Å². The highest BCUT2D eigenvalue weighted by molar-refractivity contribution is 5.38. The summed E-state index contributed by atoms with van der Waals surface area (Å²) in [5, 5.41) is 3.60. The summed E-state index contributed by atoms with van der Waals surface area (Å²) < 4.78 is 0. The average Bonchev–Trinajstić information content (AvgIpc) is 2.40. The molecule has 3 nitrogen and oxygen atoms in total. The molecule has 0 bridgehead atoms. The molecule has 1 aliphatic rings. The fraction of sp³-hybridized carbons (Fsp3) is 0.533. The largest absolute Gasteiger partial charge is 0.357 e. The number of aromatic nitrogens is 1. The molecule has 18 heavy (non-hydrogen) atoms. The molecule has 1 aromatic rings. The molecular formula is C15H23N3. The van der Waals surface area contributed by atoms with Crippen molar-refractivity contribution in [3.8, 4) is 0 Å². The Kier molecular flexibility index (Phi) is 4.76. The predicted molar refractivity (Wildman–Crippen MR) is 76.9 cm³/mol. The standard InChI is InChI=1S/C15H23N3/c1-13(2)6-10-16-14-7-11-18(12-8-14)15-5-3-4-9-17-15/h3-6,9,14,16H,7-8,10-12H2,1-2H3. The van der Waals surface area contributed by atoms with Gasteiger partial charge < -0.3 is 10.2 Å². The quantitative estimate of drug-likeness (QED) is 0.827. The van der Waals surface area contributed by atoms with Gasteiger partial charge in [0, 0.05) is 31.9 Å². The Morgan fingerprint density at radius 3 is 2.78 bits per heavy atom. The molecule has 2 heterocycles. The topological polar surface area (TPSA) is 28.2 Å². The van der Waals surface area contributed by atoms with E-state index < -0.39 is 0 Å². The molecular weight excluding hydrogens is 222 g/mol. The molecule has 3 heteroatoms. The van der Waals surface area contributed by atoms with Crippen molar-refractivity contribution in [3.05, 3.63) is 36.0 Å². The maximum absolute atomic E-state index is 4.41. The number of hydrogen-bond donors (Lipinski definition) is 1. The van der Waals surface area contributed by atoms with Gasteiger partial charge in [0.15, 0.2) is 0 Å². The number of allylic oxidation sites excluding steroid dienone is 1. The van der Waals surface area contributed by atoms with Crippen LogP contribution >= 0.6 is 0 Å². The van der Waals surface area contributed by atoms with E-state index in [4.69, 9.17) is 0 Å². The van der Waals surface area contributed by atoms with E-state index in [1.54, 1.807) is 0 Å². The molecule has 0 aromatic carbocycles. The Bertz CT molecular complexity index is 374. The summed E-state index contributed by atoms with van der Waals surface area (Å²) in [6.07, 6.45) is 6.53. The van der Waals surface area contributed by atoms with Crippen molar-refractivity contribution in [1.29, 1.82) is 0 Å². The van der Waals surface area contributed by atoms with Gasteiger partial charge in [-0.15, -0.1) is 0 Å². The van der Waals surface area contributed by atoms with E-state index in [1.165, 1.54) is 18.4 Å². The minimum Gasteiger partial charge on any atom is -0.357 e. The van der Waals surface area contributed by atoms with Crippen LogP contribution in [-0.2, 0) is 0 Å². The number of nitrogens with one attached hydrogen (secondary N) is 1. The summed E-state index contributed by atoms with van der Waals surface area (Å²) in [7, 11) is 0. The summed E-state index contributed by atoms with van der Waals surface area (Å²) in [6, 6.07) is 6.77. The Hall–Kier alpha value is -1.35. The number of pyridine rings is 1. The number of nitrogens with zero attached hydrogens (tertiary/aromatic N) is 2. The number of anilines is 1. The zero-order valence-electron chi connectivity index (χ0n) is 11.4. The third-order valence-electron chi connectivity index (χ3n) is 3.39. The normalized spacial score (nSPS) is 16.7. The molecule has 2 rings (SSSR count). The van der Waals surface area contributed by atoms with Crippen LogP contribution in [0, 0.1) is 0 Å². The SMILES string of the molecule is CC(C)=CCNC1CCN(c2ccccn2)CC1. The van der Waals surface area contributed by atoms with Crippen LogP contribution in [0.1, 0.15) is 26.7 Å². The summed E-state index contributed by atoms with van der Waals surface area (Å²) >= 11 is 0. The molecule has 1 fully saturated rings. The summed E-state index contributed by atoms with van der Waals surface area (Å²) in [5.41, 5.74) is 1.38. The Morgan fingerprint density at radius 2 is 2.17 bits per heavy atom. The molecule has 1 N–H and O–H groups in total. The van der Waals surface area contributed by atoms with Crippen LogP contribution in [0.5, 0.6) is 0 Å². The highest BCUT2D eigenvalue weighted by Gasteiger charge is 2.18.